The topological polar surface area (TPSA) is 84.3 Å². The van der Waals surface area contributed by atoms with Gasteiger partial charge in [-0.3, -0.25) is 19.7 Å². The molecular weight excluding hydrogens is 224 g/mol. The van der Waals surface area contributed by atoms with Crippen molar-refractivity contribution in [2.24, 2.45) is 7.05 Å². The zero-order chi connectivity index (χ0) is 12.6. The molecule has 0 aliphatic carbocycles. The lowest BCUT2D eigenvalue weighted by molar-refractivity contribution is -0.138. The third kappa shape index (κ3) is 1.91. The van der Waals surface area contributed by atoms with Crippen molar-refractivity contribution < 1.29 is 14.4 Å². The van der Waals surface area contributed by atoms with E-state index in [-0.39, 0.29) is 12.5 Å². The summed E-state index contributed by atoms with van der Waals surface area (Å²) in [6.45, 7) is 1.47. The van der Waals surface area contributed by atoms with E-state index in [1.807, 2.05) is 0 Å². The number of carbonyl (C=O) groups is 3. The van der Waals surface area contributed by atoms with Gasteiger partial charge in [0.15, 0.2) is 0 Å². The molecule has 1 aliphatic rings. The molecule has 3 amide bonds. The van der Waals surface area contributed by atoms with Crippen LogP contribution in [-0.4, -0.2) is 44.8 Å². The number of nitrogens with zero attached hydrogens (tertiary/aromatic N) is 3. The maximum atomic E-state index is 12.1. The fraction of sp³-hybridized carbons (Fsp3) is 0.400. The number of carbonyl (C=O) groups excluding carboxylic acids is 3. The number of aryl methyl sites for hydroxylation is 1. The van der Waals surface area contributed by atoms with Crippen molar-refractivity contribution in [3.63, 3.8) is 0 Å². The highest BCUT2D eigenvalue weighted by Gasteiger charge is 2.34. The van der Waals surface area contributed by atoms with E-state index in [4.69, 9.17) is 0 Å². The van der Waals surface area contributed by atoms with Crippen LogP contribution in [0.4, 0.5) is 0 Å². The van der Waals surface area contributed by atoms with Gasteiger partial charge in [-0.2, -0.15) is 0 Å². The molecule has 1 N–H and O–H groups in total. The molecule has 0 radical (unpaired) electrons. The second-order valence-corrected chi connectivity index (χ2v) is 3.91. The minimum Gasteiger partial charge on any atom is -0.330 e. The third-order valence-corrected chi connectivity index (χ3v) is 2.72. The molecule has 1 fully saturated rings. The highest BCUT2D eigenvalue weighted by atomic mass is 16.2. The highest BCUT2D eigenvalue weighted by Crippen LogP contribution is 2.10. The van der Waals surface area contributed by atoms with Crippen molar-refractivity contribution in [3.8, 4) is 0 Å². The Morgan fingerprint density at radius 3 is 2.82 bits per heavy atom. The van der Waals surface area contributed by atoms with Crippen LogP contribution in [0.1, 0.15) is 17.4 Å². The molecule has 1 saturated heterocycles. The van der Waals surface area contributed by atoms with Gasteiger partial charge in [0.05, 0.1) is 12.5 Å². The van der Waals surface area contributed by atoms with Crippen LogP contribution in [0.15, 0.2) is 12.5 Å². The monoisotopic (exact) mass is 236 g/mol. The number of imide groups is 1. The van der Waals surface area contributed by atoms with Crippen LogP contribution in [0, 0.1) is 0 Å². The first-order chi connectivity index (χ1) is 8.00. The minimum absolute atomic E-state index is 0.114. The molecule has 0 bridgehead atoms. The fourth-order valence-corrected chi connectivity index (χ4v) is 1.67. The van der Waals surface area contributed by atoms with E-state index in [0.717, 1.165) is 0 Å². The van der Waals surface area contributed by atoms with E-state index in [0.29, 0.717) is 5.69 Å². The summed E-state index contributed by atoms with van der Waals surface area (Å²) in [7, 11) is 1.68. The predicted molar refractivity (Wildman–Crippen MR) is 56.9 cm³/mol. The Labute approximate surface area is 97.4 Å². The molecule has 7 heteroatoms. The largest absolute Gasteiger partial charge is 0.330 e. The van der Waals surface area contributed by atoms with Crippen LogP contribution >= 0.6 is 0 Å². The summed E-state index contributed by atoms with van der Waals surface area (Å²) < 4.78 is 1.55. The summed E-state index contributed by atoms with van der Waals surface area (Å²) in [5.41, 5.74) is 0.347. The van der Waals surface area contributed by atoms with E-state index in [9.17, 15) is 14.4 Å². The Kier molecular flexibility index (Phi) is 2.66. The quantitative estimate of drug-likeness (QED) is 0.628. The third-order valence-electron chi connectivity index (χ3n) is 2.72. The summed E-state index contributed by atoms with van der Waals surface area (Å²) >= 11 is 0. The molecule has 0 aromatic carbocycles. The van der Waals surface area contributed by atoms with E-state index in [1.54, 1.807) is 18.5 Å². The summed E-state index contributed by atoms with van der Waals surface area (Å²) in [6, 6.07) is -0.657. The number of amides is 3. The molecule has 1 atom stereocenters. The van der Waals surface area contributed by atoms with Crippen LogP contribution in [0.5, 0.6) is 0 Å². The maximum absolute atomic E-state index is 12.1. The smallest absolute Gasteiger partial charge is 0.273 e. The lowest BCUT2D eigenvalue weighted by atomic mass is 10.2. The average molecular weight is 236 g/mol. The first-order valence-corrected chi connectivity index (χ1v) is 5.11. The molecule has 2 rings (SSSR count). The number of piperazine rings is 1. The van der Waals surface area contributed by atoms with Gasteiger partial charge in [-0.25, -0.2) is 4.98 Å². The lowest BCUT2D eigenvalue weighted by Gasteiger charge is -2.31. The van der Waals surface area contributed by atoms with E-state index < -0.39 is 17.9 Å². The number of imidazole rings is 1. The molecule has 1 aromatic heterocycles. The average Bonchev–Trinajstić information content (AvgIpc) is 2.69. The van der Waals surface area contributed by atoms with Crippen molar-refractivity contribution >= 4 is 17.7 Å². The Balaban J connectivity index is 2.27. The van der Waals surface area contributed by atoms with Gasteiger partial charge >= 0.3 is 0 Å². The second kappa shape index (κ2) is 4.00. The van der Waals surface area contributed by atoms with Gasteiger partial charge in [0.1, 0.15) is 18.3 Å². The van der Waals surface area contributed by atoms with Crippen molar-refractivity contribution in [2.75, 3.05) is 6.54 Å². The Bertz CT molecular complexity index is 493. The van der Waals surface area contributed by atoms with E-state index >= 15 is 0 Å². The van der Waals surface area contributed by atoms with E-state index in [2.05, 4.69) is 10.3 Å². The molecule has 0 saturated carbocycles. The summed E-state index contributed by atoms with van der Waals surface area (Å²) in [5.74, 6) is -1.30. The molecule has 0 spiro atoms. The van der Waals surface area contributed by atoms with Crippen molar-refractivity contribution in [1.82, 2.24) is 19.8 Å². The van der Waals surface area contributed by atoms with Gasteiger partial charge in [0.25, 0.3) is 5.91 Å². The maximum Gasteiger partial charge on any atom is 0.273 e. The van der Waals surface area contributed by atoms with Crippen LogP contribution < -0.4 is 5.32 Å². The second-order valence-electron chi connectivity index (χ2n) is 3.91. The van der Waals surface area contributed by atoms with Crippen molar-refractivity contribution in [1.29, 1.82) is 0 Å². The molecular formula is C10H12N4O3. The van der Waals surface area contributed by atoms with Crippen molar-refractivity contribution in [3.05, 3.63) is 18.2 Å². The van der Waals surface area contributed by atoms with Gasteiger partial charge in [-0.05, 0) is 6.92 Å². The Morgan fingerprint density at radius 1 is 1.53 bits per heavy atom. The Hall–Kier alpha value is -2.18. The molecule has 1 aromatic rings. The number of hydrogen-bond acceptors (Lipinski definition) is 4. The zero-order valence-electron chi connectivity index (χ0n) is 9.51. The van der Waals surface area contributed by atoms with Crippen LogP contribution in [0.2, 0.25) is 0 Å². The standard InChI is InChI=1S/C10H12N4O3/c1-6-9(16)12-8(15)4-14(6)10(17)7-3-11-5-13(7)2/h3,5-6H,4H2,1-2H3,(H,12,15,16). The number of aromatic nitrogens is 2. The molecule has 2 heterocycles. The lowest BCUT2D eigenvalue weighted by Crippen LogP contribution is -2.58. The molecule has 17 heavy (non-hydrogen) atoms. The van der Waals surface area contributed by atoms with Crippen LogP contribution in [-0.2, 0) is 16.6 Å². The van der Waals surface area contributed by atoms with E-state index in [1.165, 1.54) is 17.4 Å². The first-order valence-electron chi connectivity index (χ1n) is 5.11. The highest BCUT2D eigenvalue weighted by molar-refractivity contribution is 6.06. The van der Waals surface area contributed by atoms with Gasteiger partial charge in [0, 0.05) is 7.05 Å². The first kappa shape index (κ1) is 11.3. The Morgan fingerprint density at radius 2 is 2.24 bits per heavy atom. The van der Waals surface area contributed by atoms with Gasteiger partial charge in [-0.1, -0.05) is 0 Å². The summed E-state index contributed by atoms with van der Waals surface area (Å²) in [6.07, 6.45) is 2.90. The molecule has 1 aliphatic heterocycles. The number of nitrogens with one attached hydrogen (secondary N) is 1. The summed E-state index contributed by atoms with van der Waals surface area (Å²) in [5, 5.41) is 2.18. The molecule has 7 nitrogen and oxygen atoms in total. The zero-order valence-corrected chi connectivity index (χ0v) is 9.51. The van der Waals surface area contributed by atoms with Gasteiger partial charge in [0.2, 0.25) is 11.8 Å². The van der Waals surface area contributed by atoms with Gasteiger partial charge < -0.3 is 9.47 Å². The van der Waals surface area contributed by atoms with Crippen molar-refractivity contribution in [2.45, 2.75) is 13.0 Å². The fourth-order valence-electron chi connectivity index (χ4n) is 1.67. The SMILES string of the molecule is CC1C(=O)NC(=O)CN1C(=O)c1cncn1C. The predicted octanol–water partition coefficient (Wildman–Crippen LogP) is -1.09. The number of hydrogen-bond donors (Lipinski definition) is 1. The van der Waals surface area contributed by atoms with Crippen LogP contribution in [0.3, 0.4) is 0 Å². The van der Waals surface area contributed by atoms with Gasteiger partial charge in [-0.15, -0.1) is 0 Å². The number of rotatable bonds is 1. The molecule has 1 unspecified atom stereocenters. The molecule has 90 valence electrons. The summed E-state index contributed by atoms with van der Waals surface area (Å²) in [4.78, 5) is 39.8. The van der Waals surface area contributed by atoms with Crippen LogP contribution in [0.25, 0.3) is 0 Å². The normalized spacial score (nSPS) is 20.4. The minimum atomic E-state index is -0.657.